The second-order valence-corrected chi connectivity index (χ2v) is 4.86. The number of rotatable bonds is 4. The molecule has 0 spiro atoms. The first-order valence-electron chi connectivity index (χ1n) is 6.97. The molecule has 1 atom stereocenters. The summed E-state index contributed by atoms with van der Waals surface area (Å²) >= 11 is 0. The van der Waals surface area contributed by atoms with Gasteiger partial charge in [0.25, 0.3) is 0 Å². The summed E-state index contributed by atoms with van der Waals surface area (Å²) in [4.78, 5) is 4.47. The molecular formula is C17H18N2O. The summed E-state index contributed by atoms with van der Waals surface area (Å²) in [6.07, 6.45) is 1.82. The van der Waals surface area contributed by atoms with Gasteiger partial charge in [0.05, 0.1) is 11.6 Å². The number of hydrogen-bond donors (Lipinski definition) is 1. The van der Waals surface area contributed by atoms with Gasteiger partial charge in [0, 0.05) is 17.1 Å². The van der Waals surface area contributed by atoms with Crippen molar-refractivity contribution < 1.29 is 4.42 Å². The number of benzene rings is 1. The minimum absolute atomic E-state index is 0.219. The van der Waals surface area contributed by atoms with Gasteiger partial charge in [-0.3, -0.25) is 4.98 Å². The Hall–Kier alpha value is -2.13. The van der Waals surface area contributed by atoms with Gasteiger partial charge in [0.1, 0.15) is 11.5 Å². The molecule has 0 aliphatic rings. The first-order valence-corrected chi connectivity index (χ1v) is 6.97. The summed E-state index contributed by atoms with van der Waals surface area (Å²) in [7, 11) is 0. The van der Waals surface area contributed by atoms with Crippen molar-refractivity contribution in [2.75, 3.05) is 6.54 Å². The number of nitrogens with zero attached hydrogens (tertiary/aromatic N) is 1. The monoisotopic (exact) mass is 266 g/mol. The maximum absolute atomic E-state index is 5.99. The van der Waals surface area contributed by atoms with E-state index in [0.717, 1.165) is 34.5 Å². The van der Waals surface area contributed by atoms with E-state index in [1.165, 1.54) is 0 Å². The summed E-state index contributed by atoms with van der Waals surface area (Å²) in [5.74, 6) is 1.82. The maximum Gasteiger partial charge on any atom is 0.136 e. The predicted octanol–water partition coefficient (Wildman–Crippen LogP) is 4.17. The lowest BCUT2D eigenvalue weighted by Gasteiger charge is -2.08. The van der Waals surface area contributed by atoms with Gasteiger partial charge in [0.2, 0.25) is 0 Å². The van der Waals surface area contributed by atoms with E-state index >= 15 is 0 Å². The highest BCUT2D eigenvalue weighted by atomic mass is 16.3. The second kappa shape index (κ2) is 5.47. The third-order valence-corrected chi connectivity index (χ3v) is 3.46. The van der Waals surface area contributed by atoms with Crippen LogP contribution in [0.1, 0.15) is 25.6 Å². The molecule has 0 aliphatic heterocycles. The first kappa shape index (κ1) is 12.9. The highest BCUT2D eigenvalue weighted by Crippen LogP contribution is 2.30. The van der Waals surface area contributed by atoms with Crippen molar-refractivity contribution >= 4 is 10.9 Å². The zero-order valence-electron chi connectivity index (χ0n) is 11.8. The van der Waals surface area contributed by atoms with E-state index in [9.17, 15) is 0 Å². The minimum atomic E-state index is 0.219. The van der Waals surface area contributed by atoms with E-state index in [4.69, 9.17) is 4.42 Å². The Kier molecular flexibility index (Phi) is 3.52. The molecule has 3 heteroatoms. The molecule has 0 amide bonds. The highest BCUT2D eigenvalue weighted by molar-refractivity contribution is 5.92. The average Bonchev–Trinajstić information content (AvgIpc) is 2.97. The molecular weight excluding hydrogens is 248 g/mol. The van der Waals surface area contributed by atoms with Crippen LogP contribution in [0.25, 0.3) is 22.2 Å². The van der Waals surface area contributed by atoms with E-state index < -0.39 is 0 Å². The lowest BCUT2D eigenvalue weighted by molar-refractivity contribution is 0.445. The summed E-state index contributed by atoms with van der Waals surface area (Å²) in [5, 5.41) is 4.48. The third kappa shape index (κ3) is 2.32. The van der Waals surface area contributed by atoms with Crippen LogP contribution in [0, 0.1) is 0 Å². The van der Waals surface area contributed by atoms with Gasteiger partial charge in [-0.15, -0.1) is 0 Å². The van der Waals surface area contributed by atoms with Crippen LogP contribution in [0.4, 0.5) is 0 Å². The number of para-hydroxylation sites is 1. The molecule has 0 saturated heterocycles. The van der Waals surface area contributed by atoms with Crippen molar-refractivity contribution in [2.45, 2.75) is 19.9 Å². The molecule has 0 bridgehead atoms. The van der Waals surface area contributed by atoms with Crippen molar-refractivity contribution in [1.82, 2.24) is 10.3 Å². The zero-order valence-corrected chi connectivity index (χ0v) is 11.8. The van der Waals surface area contributed by atoms with Crippen LogP contribution in [0.15, 0.2) is 53.1 Å². The molecule has 2 heterocycles. The number of aromatic nitrogens is 1. The molecule has 1 aromatic carbocycles. The molecule has 1 unspecified atom stereocenters. The van der Waals surface area contributed by atoms with Gasteiger partial charge in [-0.25, -0.2) is 0 Å². The number of nitrogens with one attached hydrogen (secondary N) is 1. The fourth-order valence-corrected chi connectivity index (χ4v) is 2.44. The summed E-state index contributed by atoms with van der Waals surface area (Å²) in [6.45, 7) is 5.12. The van der Waals surface area contributed by atoms with Crippen molar-refractivity contribution in [3.05, 3.63) is 54.4 Å². The largest absolute Gasteiger partial charge is 0.459 e. The molecule has 2 aromatic heterocycles. The number of hydrogen-bond acceptors (Lipinski definition) is 3. The van der Waals surface area contributed by atoms with Crippen LogP contribution < -0.4 is 5.32 Å². The quantitative estimate of drug-likeness (QED) is 0.770. The Morgan fingerprint density at radius 2 is 2.00 bits per heavy atom. The Morgan fingerprint density at radius 1 is 1.15 bits per heavy atom. The Morgan fingerprint density at radius 3 is 2.85 bits per heavy atom. The van der Waals surface area contributed by atoms with E-state index in [-0.39, 0.29) is 6.04 Å². The first-order chi connectivity index (χ1) is 9.79. The Labute approximate surface area is 118 Å². The molecule has 0 fully saturated rings. The second-order valence-electron chi connectivity index (χ2n) is 4.86. The number of fused-ring (bicyclic) bond motifs is 1. The number of pyridine rings is 1. The Bertz CT molecular complexity index is 712. The van der Waals surface area contributed by atoms with Gasteiger partial charge in [0.15, 0.2) is 0 Å². The van der Waals surface area contributed by atoms with Crippen molar-refractivity contribution in [1.29, 1.82) is 0 Å². The van der Waals surface area contributed by atoms with Crippen LogP contribution in [-0.4, -0.2) is 11.5 Å². The van der Waals surface area contributed by atoms with Crippen molar-refractivity contribution in [3.63, 3.8) is 0 Å². The topological polar surface area (TPSA) is 38.1 Å². The van der Waals surface area contributed by atoms with Crippen LogP contribution in [-0.2, 0) is 0 Å². The molecule has 0 aliphatic carbocycles. The fourth-order valence-electron chi connectivity index (χ4n) is 2.44. The van der Waals surface area contributed by atoms with Crippen LogP contribution in [0.3, 0.4) is 0 Å². The van der Waals surface area contributed by atoms with E-state index in [1.54, 1.807) is 0 Å². The van der Waals surface area contributed by atoms with E-state index in [1.807, 2.05) is 30.5 Å². The van der Waals surface area contributed by atoms with Crippen molar-refractivity contribution in [2.24, 2.45) is 0 Å². The lowest BCUT2D eigenvalue weighted by Crippen LogP contribution is -2.16. The molecule has 1 N–H and O–H groups in total. The minimum Gasteiger partial charge on any atom is -0.459 e. The molecule has 20 heavy (non-hydrogen) atoms. The summed E-state index contributed by atoms with van der Waals surface area (Å²) in [6, 6.07) is 14.4. The molecule has 0 saturated carbocycles. The smallest absolute Gasteiger partial charge is 0.136 e. The van der Waals surface area contributed by atoms with E-state index in [0.29, 0.717) is 0 Å². The maximum atomic E-state index is 5.99. The fraction of sp³-hybridized carbons (Fsp3) is 0.235. The van der Waals surface area contributed by atoms with Crippen LogP contribution in [0.2, 0.25) is 0 Å². The zero-order chi connectivity index (χ0) is 13.9. The molecule has 0 radical (unpaired) electrons. The van der Waals surface area contributed by atoms with Crippen molar-refractivity contribution in [3.8, 4) is 11.3 Å². The van der Waals surface area contributed by atoms with Gasteiger partial charge in [-0.2, -0.15) is 0 Å². The molecule has 102 valence electrons. The van der Waals surface area contributed by atoms with Gasteiger partial charge in [-0.1, -0.05) is 25.1 Å². The number of furan rings is 1. The highest BCUT2D eigenvalue weighted by Gasteiger charge is 2.12. The molecule has 3 aromatic rings. The van der Waals surface area contributed by atoms with Gasteiger partial charge < -0.3 is 9.73 Å². The summed E-state index contributed by atoms with van der Waals surface area (Å²) in [5.41, 5.74) is 2.02. The van der Waals surface area contributed by atoms with Gasteiger partial charge in [-0.05, 0) is 37.7 Å². The predicted molar refractivity (Wildman–Crippen MR) is 81.5 cm³/mol. The molecule has 3 nitrogen and oxygen atoms in total. The standard InChI is InChI=1S/C17H18N2O/c1-3-18-12(2)15-9-10-16(20-15)14-8-4-6-13-7-5-11-19-17(13)14/h4-12,18H,3H2,1-2H3. The lowest BCUT2D eigenvalue weighted by atomic mass is 10.1. The van der Waals surface area contributed by atoms with Crippen LogP contribution >= 0.6 is 0 Å². The normalized spacial score (nSPS) is 12.7. The van der Waals surface area contributed by atoms with Crippen LogP contribution in [0.5, 0.6) is 0 Å². The van der Waals surface area contributed by atoms with Gasteiger partial charge >= 0.3 is 0 Å². The molecule has 3 rings (SSSR count). The SMILES string of the molecule is CCNC(C)c1ccc(-c2cccc3cccnc23)o1. The summed E-state index contributed by atoms with van der Waals surface area (Å²) < 4.78 is 5.99. The average molecular weight is 266 g/mol. The van der Waals surface area contributed by atoms with E-state index in [2.05, 4.69) is 42.3 Å². The third-order valence-electron chi connectivity index (χ3n) is 3.46. The Balaban J connectivity index is 2.03.